The summed E-state index contributed by atoms with van der Waals surface area (Å²) in [6, 6.07) is 56.1. The zero-order valence-corrected chi connectivity index (χ0v) is 74.4. The highest BCUT2D eigenvalue weighted by Crippen LogP contribution is 2.48. The van der Waals surface area contributed by atoms with Gasteiger partial charge in [0, 0.05) is 142 Å². The van der Waals surface area contributed by atoms with Gasteiger partial charge in [0.05, 0.1) is 14.7 Å². The maximum Gasteiger partial charge on any atom is 0.410 e. The van der Waals surface area contributed by atoms with Crippen LogP contribution in [0.5, 0.6) is 17.2 Å². The van der Waals surface area contributed by atoms with Crippen LogP contribution in [-0.2, 0) is 51.8 Å². The molecule has 0 saturated carbocycles. The zero-order valence-electron chi connectivity index (χ0n) is 71.2. The van der Waals surface area contributed by atoms with E-state index in [4.69, 9.17) is 34.4 Å². The lowest BCUT2D eigenvalue weighted by Crippen LogP contribution is -2.39. The molecule has 3 unspecified atom stereocenters. The van der Waals surface area contributed by atoms with E-state index in [1.165, 1.54) is 12.1 Å². The highest BCUT2D eigenvalue weighted by Gasteiger charge is 2.43. The van der Waals surface area contributed by atoms with E-state index in [1.807, 2.05) is 169 Å². The number of hydrogen-bond acceptors (Lipinski definition) is 17. The van der Waals surface area contributed by atoms with E-state index in [-0.39, 0.29) is 64.4 Å². The molecule has 24 nitrogen and oxygen atoms in total. The summed E-state index contributed by atoms with van der Waals surface area (Å²) in [6.07, 6.45) is 12.0. The Bertz CT molecular complexity index is 5550. The number of hydrogen-bond donors (Lipinski definition) is 3. The second kappa shape index (κ2) is 40.8. The number of halogens is 1. The number of nitrogens with one attached hydrogen (secondary N) is 3. The predicted octanol–water partition coefficient (Wildman–Crippen LogP) is 16.1. The van der Waals surface area contributed by atoms with Gasteiger partial charge >= 0.3 is 12.2 Å². The van der Waals surface area contributed by atoms with Crippen LogP contribution in [0, 0.1) is 0 Å². The molecule has 0 aliphatic carbocycles. The third kappa shape index (κ3) is 22.1. The van der Waals surface area contributed by atoms with E-state index >= 15 is 0 Å². The van der Waals surface area contributed by atoms with E-state index in [0.29, 0.717) is 156 Å². The fraction of sp³-hybridized carbons (Fsp3) is 0.379. The smallest absolute Gasteiger partial charge is 0.410 e. The third-order valence-electron chi connectivity index (χ3n) is 23.2. The highest BCUT2D eigenvalue weighted by molar-refractivity contribution is 8.13. The summed E-state index contributed by atoms with van der Waals surface area (Å²) in [5.41, 5.74) is 8.89. The molecule has 0 bridgehead atoms. The lowest BCUT2D eigenvalue weighted by atomic mass is 9.84. The number of carbonyl (C=O) groups excluding carboxylic acids is 5. The lowest BCUT2D eigenvalue weighted by molar-refractivity contribution is 0.0765. The molecule has 8 aromatic carbocycles. The topological polar surface area (TPSA) is 286 Å². The number of sulfonamides is 2. The molecular formula is C95H111ClN8O16S3. The normalized spacial score (nSPS) is 18.6. The maximum absolute atomic E-state index is 13.0. The van der Waals surface area contributed by atoms with Gasteiger partial charge in [-0.05, 0) is 247 Å². The van der Waals surface area contributed by atoms with E-state index in [2.05, 4.69) is 26.9 Å². The fourth-order valence-electron chi connectivity index (χ4n) is 16.4. The SMILES string of the molecule is CCN(CC)C(=O)c1ccc(C2=CC3(CCCN(C(=O)OCc4ccccc4)CC3)Oc3ccc(S(=O)(=O)Cl)cc32)cc1.CCNS(=O)(=O)c1ccc2c(c1)C(c1ccc(C(=O)N(CC)CC)cc1)=CC1(CCCN(C(=O)OCc3ccccc3)CC1)O2.CCNS(=O)(=O)c1ccc2c(c1)C(c1ccc(C(=O)N(CC)CC)cc1)=CC1(CCCNCC1)O2. The zero-order chi connectivity index (χ0) is 87.7. The van der Waals surface area contributed by atoms with Crippen molar-refractivity contribution in [2.45, 2.75) is 158 Å². The fourth-order valence-corrected chi connectivity index (χ4v) is 19.4. The minimum absolute atomic E-state index is 0.00763. The number of fused-ring (bicyclic) bond motifs is 3. The van der Waals surface area contributed by atoms with Crippen molar-refractivity contribution in [3.63, 3.8) is 0 Å². The van der Waals surface area contributed by atoms with Gasteiger partial charge in [-0.25, -0.2) is 44.3 Å². The summed E-state index contributed by atoms with van der Waals surface area (Å²) in [5, 5.41) is 3.44. The molecule has 3 atom stereocenters. The standard InChI is InChI=1S/C35H41N3O6S.C33H35ClN2O6S.C27H35N3O4S/c1-4-36-45(41,42)29-17-18-32-30(23-29)31(27-13-15-28(16-14-27)33(39)37(5-2)6-3)24-35(44-32)19-10-21-38(22-20-35)34(40)43-25-26-11-8-7-9-12-26;1-3-35(4-2)31(37)26-13-11-25(12-14-26)29-22-33(42-30-16-15-27(21-28(29)30)43(34,39)40)17-8-19-36(20-18-33)32(38)41-23-24-9-6-5-7-10-24;1-4-29-35(32,33)22-12-13-25-23(18-22)24(19-27(34-25)14-7-16-28-17-15-27)20-8-10-21(11-9-20)26(31)30(5-2)6-3/h7-9,11-18,23-24,36H,4-6,10,19-22,25H2,1-3H3;5-7,9-16,21-22H,3-4,8,17-20,23H2,1-2H3;8-13,18-19,28-29H,4-7,14-17H2,1-3H3. The Morgan fingerprint density at radius 2 is 0.724 bits per heavy atom. The van der Waals surface area contributed by atoms with Crippen LogP contribution >= 0.6 is 10.7 Å². The molecular weight excluding hydrogens is 1640 g/mol. The van der Waals surface area contributed by atoms with Gasteiger partial charge in [0.2, 0.25) is 20.0 Å². The summed E-state index contributed by atoms with van der Waals surface area (Å²) in [6.45, 7) is 23.8. The van der Waals surface area contributed by atoms with Gasteiger partial charge in [-0.3, -0.25) is 14.4 Å². The lowest BCUT2D eigenvalue weighted by Gasteiger charge is -2.37. The molecule has 8 aromatic rings. The molecule has 3 spiro atoms. The molecule has 6 heterocycles. The van der Waals surface area contributed by atoms with Crippen LogP contribution in [-0.4, -0.2) is 188 Å². The van der Waals surface area contributed by atoms with Crippen LogP contribution in [0.4, 0.5) is 9.59 Å². The molecule has 3 fully saturated rings. The molecule has 28 heteroatoms. The van der Waals surface area contributed by atoms with E-state index in [0.717, 1.165) is 82.5 Å². The molecule has 6 aliphatic heterocycles. The van der Waals surface area contributed by atoms with Crippen molar-refractivity contribution in [2.24, 2.45) is 0 Å². The third-order valence-corrected chi connectivity index (χ3v) is 27.6. The molecule has 123 heavy (non-hydrogen) atoms. The van der Waals surface area contributed by atoms with Gasteiger partial charge in [0.1, 0.15) is 47.3 Å². The first-order chi connectivity index (χ1) is 59.1. The molecule has 0 aromatic heterocycles. The average Bonchev–Trinajstić information content (AvgIpc) is 1.54. The van der Waals surface area contributed by atoms with Gasteiger partial charge in [0.25, 0.3) is 26.8 Å². The number of rotatable bonds is 23. The summed E-state index contributed by atoms with van der Waals surface area (Å²) < 4.78 is 112. The monoisotopic (exact) mass is 1750 g/mol. The van der Waals surface area contributed by atoms with Crippen molar-refractivity contribution in [3.05, 3.63) is 267 Å². The Balaban J connectivity index is 0.000000170. The maximum atomic E-state index is 13.0. The van der Waals surface area contributed by atoms with Crippen molar-refractivity contribution in [1.29, 1.82) is 0 Å². The average molecular weight is 1750 g/mol. The Hall–Kier alpha value is -10.7. The Morgan fingerprint density at radius 3 is 1.06 bits per heavy atom. The van der Waals surface area contributed by atoms with Crippen LogP contribution in [0.15, 0.2) is 221 Å². The molecule has 0 radical (unpaired) electrons. The van der Waals surface area contributed by atoms with Crippen molar-refractivity contribution >= 4 is 86.4 Å². The van der Waals surface area contributed by atoms with Crippen molar-refractivity contribution in [3.8, 4) is 17.2 Å². The van der Waals surface area contributed by atoms with Crippen LogP contribution in [0.1, 0.15) is 189 Å². The largest absolute Gasteiger partial charge is 0.482 e. The van der Waals surface area contributed by atoms with E-state index < -0.39 is 45.9 Å². The summed E-state index contributed by atoms with van der Waals surface area (Å²) in [5.74, 6) is 1.71. The second-order valence-corrected chi connectivity index (χ2v) is 37.2. The van der Waals surface area contributed by atoms with Gasteiger partial charge in [-0.15, -0.1) is 0 Å². The number of likely N-dealkylation sites (tertiary alicyclic amines) is 2. The van der Waals surface area contributed by atoms with Gasteiger partial charge in [-0.2, -0.15) is 0 Å². The second-order valence-electron chi connectivity index (χ2n) is 31.1. The van der Waals surface area contributed by atoms with Crippen LogP contribution in [0.2, 0.25) is 0 Å². The Morgan fingerprint density at radius 1 is 0.398 bits per heavy atom. The first-order valence-electron chi connectivity index (χ1n) is 42.6. The van der Waals surface area contributed by atoms with Crippen molar-refractivity contribution in [2.75, 3.05) is 91.6 Å². The van der Waals surface area contributed by atoms with Gasteiger partial charge in [0.15, 0.2) is 0 Å². The first-order valence-corrected chi connectivity index (χ1v) is 47.8. The molecule has 6 aliphatic rings. The summed E-state index contributed by atoms with van der Waals surface area (Å²) >= 11 is 0. The predicted molar refractivity (Wildman–Crippen MR) is 477 cm³/mol. The van der Waals surface area contributed by atoms with E-state index in [9.17, 15) is 49.2 Å². The van der Waals surface area contributed by atoms with Crippen LogP contribution < -0.4 is 29.0 Å². The van der Waals surface area contributed by atoms with Gasteiger partial charge in [-0.1, -0.05) is 111 Å². The minimum atomic E-state index is -3.98. The van der Waals surface area contributed by atoms with E-state index in [1.54, 1.807) is 92.9 Å². The molecule has 3 N–H and O–H groups in total. The highest BCUT2D eigenvalue weighted by atomic mass is 35.7. The number of ether oxygens (including phenoxy) is 5. The first kappa shape index (κ1) is 91.6. The number of amides is 5. The van der Waals surface area contributed by atoms with Crippen LogP contribution in [0.3, 0.4) is 0 Å². The molecule has 652 valence electrons. The molecule has 5 amide bonds. The Kier molecular flexibility index (Phi) is 30.4. The summed E-state index contributed by atoms with van der Waals surface area (Å²) in [7, 11) is -5.59. The molecule has 3 saturated heterocycles. The summed E-state index contributed by atoms with van der Waals surface area (Å²) in [4.78, 5) is 73.7. The van der Waals surface area contributed by atoms with Crippen LogP contribution in [0.25, 0.3) is 16.7 Å². The number of carbonyl (C=O) groups is 5. The van der Waals surface area contributed by atoms with Crippen molar-refractivity contribution < 1.29 is 72.9 Å². The minimum Gasteiger partial charge on any atom is -0.482 e. The number of nitrogens with zero attached hydrogens (tertiary/aromatic N) is 5. The Labute approximate surface area is 728 Å². The quantitative estimate of drug-likeness (QED) is 0.0502. The number of benzene rings is 8. The van der Waals surface area contributed by atoms with Gasteiger partial charge < -0.3 is 53.5 Å². The molecule has 14 rings (SSSR count). The van der Waals surface area contributed by atoms with Crippen molar-refractivity contribution in [1.82, 2.24) is 39.3 Å².